The van der Waals surface area contributed by atoms with Crippen molar-refractivity contribution < 1.29 is 4.79 Å². The van der Waals surface area contributed by atoms with Gasteiger partial charge in [-0.3, -0.25) is 9.69 Å². The predicted molar refractivity (Wildman–Crippen MR) is 71.4 cm³/mol. The van der Waals surface area contributed by atoms with Crippen LogP contribution in [-0.2, 0) is 4.79 Å². The molecule has 4 nitrogen and oxygen atoms in total. The van der Waals surface area contributed by atoms with Crippen molar-refractivity contribution in [1.29, 1.82) is 0 Å². The molecule has 1 saturated carbocycles. The maximum atomic E-state index is 12.2. The van der Waals surface area contributed by atoms with Crippen LogP contribution in [0.2, 0.25) is 0 Å². The minimum Gasteiger partial charge on any atom is -0.340 e. The number of nitrogens with one attached hydrogen (secondary N) is 1. The second kappa shape index (κ2) is 5.57. The van der Waals surface area contributed by atoms with Crippen LogP contribution in [0.1, 0.15) is 38.5 Å². The summed E-state index contributed by atoms with van der Waals surface area (Å²) >= 11 is 0. The van der Waals surface area contributed by atoms with E-state index in [0.29, 0.717) is 18.4 Å². The number of amides is 1. The molecule has 3 rings (SSSR count). The van der Waals surface area contributed by atoms with Gasteiger partial charge in [-0.1, -0.05) is 6.42 Å². The third-order valence-electron chi connectivity index (χ3n) is 4.84. The Morgan fingerprint density at radius 1 is 1.06 bits per heavy atom. The van der Waals surface area contributed by atoms with Crippen LogP contribution in [0, 0.1) is 0 Å². The maximum absolute atomic E-state index is 12.2. The summed E-state index contributed by atoms with van der Waals surface area (Å²) in [6.45, 7) is 5.17. The molecule has 0 bridgehead atoms. The van der Waals surface area contributed by atoms with Crippen molar-refractivity contribution in [2.75, 3.05) is 32.7 Å². The van der Waals surface area contributed by atoms with E-state index in [-0.39, 0.29) is 0 Å². The summed E-state index contributed by atoms with van der Waals surface area (Å²) in [4.78, 5) is 16.8. The van der Waals surface area contributed by atoms with Gasteiger partial charge in [0.25, 0.3) is 0 Å². The lowest BCUT2D eigenvalue weighted by atomic mass is 9.91. The van der Waals surface area contributed by atoms with Gasteiger partial charge in [0.1, 0.15) is 0 Å². The van der Waals surface area contributed by atoms with Crippen molar-refractivity contribution in [1.82, 2.24) is 15.1 Å². The highest BCUT2D eigenvalue weighted by Crippen LogP contribution is 2.25. The molecule has 3 fully saturated rings. The Kier molecular flexibility index (Phi) is 3.85. The summed E-state index contributed by atoms with van der Waals surface area (Å²) in [5.74, 6) is 0.364. The average Bonchev–Trinajstić information content (AvgIpc) is 2.80. The Morgan fingerprint density at radius 3 is 2.39 bits per heavy atom. The van der Waals surface area contributed by atoms with E-state index in [4.69, 9.17) is 0 Å². The smallest absolute Gasteiger partial charge is 0.224 e. The Morgan fingerprint density at radius 2 is 1.83 bits per heavy atom. The van der Waals surface area contributed by atoms with Gasteiger partial charge >= 0.3 is 0 Å². The van der Waals surface area contributed by atoms with E-state index in [1.165, 1.54) is 32.1 Å². The van der Waals surface area contributed by atoms with Crippen LogP contribution < -0.4 is 5.32 Å². The molecule has 1 atom stereocenters. The third-order valence-corrected chi connectivity index (χ3v) is 4.84. The molecule has 2 aliphatic heterocycles. The summed E-state index contributed by atoms with van der Waals surface area (Å²) in [6.07, 6.45) is 7.27. The third kappa shape index (κ3) is 2.69. The lowest BCUT2D eigenvalue weighted by molar-refractivity contribution is -0.134. The number of rotatable bonds is 3. The SMILES string of the molecule is O=C(CC1CCCN1)N1CCN(C2CCC2)CC1. The standard InChI is InChI=1S/C14H25N3O/c18-14(11-12-3-2-6-15-12)17-9-7-16(8-10-17)13-4-1-5-13/h12-13,15H,1-11H2. The number of carbonyl (C=O) groups is 1. The molecular formula is C14H25N3O. The van der Waals surface area contributed by atoms with E-state index in [1.54, 1.807) is 0 Å². The molecule has 2 heterocycles. The number of carbonyl (C=O) groups excluding carboxylic acids is 1. The summed E-state index contributed by atoms with van der Waals surface area (Å²) < 4.78 is 0. The normalized spacial score (nSPS) is 30.4. The van der Waals surface area contributed by atoms with Gasteiger partial charge in [0.05, 0.1) is 0 Å². The number of hydrogen-bond donors (Lipinski definition) is 1. The van der Waals surface area contributed by atoms with E-state index >= 15 is 0 Å². The van der Waals surface area contributed by atoms with Crippen molar-refractivity contribution in [3.8, 4) is 0 Å². The van der Waals surface area contributed by atoms with E-state index in [1.807, 2.05) is 0 Å². The van der Waals surface area contributed by atoms with Crippen LogP contribution in [0.4, 0.5) is 0 Å². The average molecular weight is 251 g/mol. The van der Waals surface area contributed by atoms with Gasteiger partial charge < -0.3 is 10.2 Å². The Hall–Kier alpha value is -0.610. The highest BCUT2D eigenvalue weighted by atomic mass is 16.2. The minimum atomic E-state index is 0.364. The van der Waals surface area contributed by atoms with Gasteiger partial charge in [0.15, 0.2) is 0 Å². The van der Waals surface area contributed by atoms with Crippen LogP contribution in [0.15, 0.2) is 0 Å². The molecule has 0 spiro atoms. The van der Waals surface area contributed by atoms with Crippen molar-refractivity contribution >= 4 is 5.91 Å². The molecule has 1 N–H and O–H groups in total. The van der Waals surface area contributed by atoms with Crippen molar-refractivity contribution in [3.63, 3.8) is 0 Å². The Balaban J connectivity index is 1.42. The Bertz CT molecular complexity index is 289. The summed E-state index contributed by atoms with van der Waals surface area (Å²) in [6, 6.07) is 1.28. The summed E-state index contributed by atoms with van der Waals surface area (Å²) in [5.41, 5.74) is 0. The lowest BCUT2D eigenvalue weighted by Gasteiger charge is -2.43. The van der Waals surface area contributed by atoms with Crippen molar-refractivity contribution in [3.05, 3.63) is 0 Å². The maximum Gasteiger partial charge on any atom is 0.224 e. The molecule has 18 heavy (non-hydrogen) atoms. The van der Waals surface area contributed by atoms with Crippen molar-refractivity contribution in [2.24, 2.45) is 0 Å². The molecule has 0 aromatic rings. The molecule has 0 radical (unpaired) electrons. The second-order valence-electron chi connectivity index (χ2n) is 6.00. The van der Waals surface area contributed by atoms with Gasteiger partial charge in [-0.05, 0) is 32.2 Å². The number of piperazine rings is 1. The zero-order valence-electron chi connectivity index (χ0n) is 11.2. The van der Waals surface area contributed by atoms with Gasteiger partial charge in [-0.15, -0.1) is 0 Å². The molecule has 1 amide bonds. The van der Waals surface area contributed by atoms with E-state index < -0.39 is 0 Å². The molecule has 3 aliphatic rings. The van der Waals surface area contributed by atoms with Gasteiger partial charge in [0.2, 0.25) is 5.91 Å². The predicted octanol–water partition coefficient (Wildman–Crippen LogP) is 0.825. The first-order valence-electron chi connectivity index (χ1n) is 7.58. The van der Waals surface area contributed by atoms with Crippen molar-refractivity contribution in [2.45, 2.75) is 50.6 Å². The van der Waals surface area contributed by atoms with Crippen LogP contribution in [0.5, 0.6) is 0 Å². The lowest BCUT2D eigenvalue weighted by Crippen LogP contribution is -2.54. The van der Waals surface area contributed by atoms with Gasteiger partial charge in [-0.2, -0.15) is 0 Å². The highest BCUT2D eigenvalue weighted by Gasteiger charge is 2.30. The fraction of sp³-hybridized carbons (Fsp3) is 0.929. The van der Waals surface area contributed by atoms with Crippen LogP contribution in [-0.4, -0.2) is 60.5 Å². The Labute approximate surface area is 110 Å². The molecule has 2 saturated heterocycles. The number of nitrogens with zero attached hydrogens (tertiary/aromatic N) is 2. The first-order chi connectivity index (χ1) is 8.83. The van der Waals surface area contributed by atoms with Crippen LogP contribution in [0.3, 0.4) is 0 Å². The molecule has 0 aromatic heterocycles. The summed E-state index contributed by atoms with van der Waals surface area (Å²) in [7, 11) is 0. The van der Waals surface area contributed by atoms with Gasteiger partial charge in [-0.25, -0.2) is 0 Å². The fourth-order valence-electron chi connectivity index (χ4n) is 3.36. The first-order valence-corrected chi connectivity index (χ1v) is 7.58. The molecule has 102 valence electrons. The zero-order valence-corrected chi connectivity index (χ0v) is 11.2. The van der Waals surface area contributed by atoms with E-state index in [2.05, 4.69) is 15.1 Å². The molecular weight excluding hydrogens is 226 g/mol. The summed E-state index contributed by atoms with van der Waals surface area (Å²) in [5, 5.41) is 3.41. The molecule has 4 heteroatoms. The van der Waals surface area contributed by atoms with Crippen LogP contribution >= 0.6 is 0 Å². The van der Waals surface area contributed by atoms with Gasteiger partial charge in [0, 0.05) is 44.7 Å². The molecule has 0 aromatic carbocycles. The topological polar surface area (TPSA) is 35.6 Å². The largest absolute Gasteiger partial charge is 0.340 e. The monoisotopic (exact) mass is 251 g/mol. The second-order valence-corrected chi connectivity index (χ2v) is 6.00. The first kappa shape index (κ1) is 12.4. The number of hydrogen-bond acceptors (Lipinski definition) is 3. The van der Waals surface area contributed by atoms with E-state index in [9.17, 15) is 4.79 Å². The van der Waals surface area contributed by atoms with E-state index in [0.717, 1.165) is 38.8 Å². The highest BCUT2D eigenvalue weighted by molar-refractivity contribution is 5.77. The zero-order chi connectivity index (χ0) is 12.4. The van der Waals surface area contributed by atoms with Crippen LogP contribution in [0.25, 0.3) is 0 Å². The fourth-order valence-corrected chi connectivity index (χ4v) is 3.36. The minimum absolute atomic E-state index is 0.364. The molecule has 1 aliphatic carbocycles. The molecule has 1 unspecified atom stereocenters. The quantitative estimate of drug-likeness (QED) is 0.807.